The minimum Gasteiger partial charge on any atom is -0.493 e. The van der Waals surface area contributed by atoms with Crippen LogP contribution in [-0.4, -0.2) is 24.0 Å². The third-order valence-electron chi connectivity index (χ3n) is 4.79. The molecule has 1 aliphatic carbocycles. The number of aromatic nitrogens is 1. The van der Waals surface area contributed by atoms with Crippen LogP contribution in [0.25, 0.3) is 0 Å². The number of H-pyrrole nitrogens is 1. The van der Waals surface area contributed by atoms with Gasteiger partial charge in [0.2, 0.25) is 5.56 Å². The Hall–Kier alpha value is -2.56. The number of amides is 1. The number of carbonyl (C=O) groups is 1. The molecule has 0 unspecified atom stereocenters. The zero-order valence-electron chi connectivity index (χ0n) is 14.2. The lowest BCUT2D eigenvalue weighted by atomic mass is 9.82. The molecule has 5 nitrogen and oxygen atoms in total. The number of ether oxygens (including phenoxy) is 1. The summed E-state index contributed by atoms with van der Waals surface area (Å²) in [6.07, 6.45) is 5.93. The van der Waals surface area contributed by atoms with Gasteiger partial charge in [-0.25, -0.2) is 0 Å². The van der Waals surface area contributed by atoms with E-state index in [1.54, 1.807) is 6.07 Å². The van der Waals surface area contributed by atoms with Crippen LogP contribution in [0.3, 0.4) is 0 Å². The molecule has 0 radical (unpaired) electrons. The second kappa shape index (κ2) is 8.51. The summed E-state index contributed by atoms with van der Waals surface area (Å²) in [6, 6.07) is 12.8. The molecule has 3 rings (SSSR count). The van der Waals surface area contributed by atoms with Crippen molar-refractivity contribution in [3.8, 4) is 5.75 Å². The van der Waals surface area contributed by atoms with Gasteiger partial charge in [0.15, 0.2) is 0 Å². The van der Waals surface area contributed by atoms with Crippen molar-refractivity contribution in [3.05, 3.63) is 64.6 Å². The molecule has 0 spiro atoms. The number of para-hydroxylation sites is 1. The molecule has 1 saturated carbocycles. The molecular weight excluding hydrogens is 316 g/mol. The third-order valence-corrected chi connectivity index (χ3v) is 4.79. The fourth-order valence-corrected chi connectivity index (χ4v) is 3.22. The maximum atomic E-state index is 12.1. The number of carbonyl (C=O) groups excluding carboxylic acids is 1. The van der Waals surface area contributed by atoms with Gasteiger partial charge in [-0.1, -0.05) is 18.2 Å². The molecule has 0 aliphatic heterocycles. The van der Waals surface area contributed by atoms with Crippen LogP contribution < -0.4 is 15.6 Å². The average Bonchev–Trinajstić information content (AvgIpc) is 2.67. The highest BCUT2D eigenvalue weighted by atomic mass is 16.5. The fourth-order valence-electron chi connectivity index (χ4n) is 3.22. The van der Waals surface area contributed by atoms with E-state index >= 15 is 0 Å². The minimum atomic E-state index is -0.201. The molecule has 1 aromatic carbocycles. The molecule has 1 aromatic heterocycles. The van der Waals surface area contributed by atoms with Crippen LogP contribution in [0.5, 0.6) is 5.75 Å². The first-order valence-electron chi connectivity index (χ1n) is 8.85. The highest BCUT2D eigenvalue weighted by molar-refractivity contribution is 5.93. The van der Waals surface area contributed by atoms with Crippen molar-refractivity contribution in [2.75, 3.05) is 13.2 Å². The minimum absolute atomic E-state index is 0.134. The number of rotatable bonds is 6. The van der Waals surface area contributed by atoms with Gasteiger partial charge in [0.25, 0.3) is 5.91 Å². The third kappa shape index (κ3) is 5.21. The van der Waals surface area contributed by atoms with E-state index in [4.69, 9.17) is 4.74 Å². The Labute approximate surface area is 147 Å². The van der Waals surface area contributed by atoms with Crippen LogP contribution in [0.2, 0.25) is 0 Å². The smallest absolute Gasteiger partial charge is 0.252 e. The summed E-state index contributed by atoms with van der Waals surface area (Å²) >= 11 is 0. The van der Waals surface area contributed by atoms with E-state index in [0.29, 0.717) is 23.9 Å². The first-order valence-corrected chi connectivity index (χ1v) is 8.85. The molecule has 1 amide bonds. The van der Waals surface area contributed by atoms with E-state index in [2.05, 4.69) is 10.3 Å². The molecule has 0 saturated heterocycles. The predicted octanol–water partition coefficient (Wildman–Crippen LogP) is 2.99. The maximum Gasteiger partial charge on any atom is 0.252 e. The molecule has 0 bridgehead atoms. The Bertz CT molecular complexity index is 714. The fraction of sp³-hybridized carbons (Fsp3) is 0.400. The van der Waals surface area contributed by atoms with Crippen molar-refractivity contribution >= 4 is 5.91 Å². The zero-order valence-corrected chi connectivity index (χ0v) is 14.2. The summed E-state index contributed by atoms with van der Waals surface area (Å²) in [5, 5.41) is 2.97. The zero-order chi connectivity index (χ0) is 17.5. The number of pyridine rings is 1. The van der Waals surface area contributed by atoms with Gasteiger partial charge < -0.3 is 15.0 Å². The number of benzene rings is 1. The molecule has 132 valence electrons. The highest BCUT2D eigenvalue weighted by Crippen LogP contribution is 2.29. The molecule has 2 N–H and O–H groups in total. The lowest BCUT2D eigenvalue weighted by Gasteiger charge is -2.28. The summed E-state index contributed by atoms with van der Waals surface area (Å²) < 4.78 is 5.85. The van der Waals surface area contributed by atoms with Crippen molar-refractivity contribution in [1.29, 1.82) is 0 Å². The Morgan fingerprint density at radius 1 is 1.04 bits per heavy atom. The number of aromatic amines is 1. The van der Waals surface area contributed by atoms with Gasteiger partial charge in [-0.15, -0.1) is 0 Å². The predicted molar refractivity (Wildman–Crippen MR) is 96.8 cm³/mol. The maximum absolute atomic E-state index is 12.1. The topological polar surface area (TPSA) is 71.2 Å². The molecular formula is C20H24N2O3. The average molecular weight is 340 g/mol. The number of nitrogens with one attached hydrogen (secondary N) is 2. The Morgan fingerprint density at radius 3 is 2.44 bits per heavy atom. The lowest BCUT2D eigenvalue weighted by molar-refractivity contribution is 0.0938. The van der Waals surface area contributed by atoms with Crippen LogP contribution in [0.1, 0.15) is 36.0 Å². The summed E-state index contributed by atoms with van der Waals surface area (Å²) in [7, 11) is 0. The van der Waals surface area contributed by atoms with E-state index in [0.717, 1.165) is 38.0 Å². The molecule has 1 heterocycles. The van der Waals surface area contributed by atoms with Crippen molar-refractivity contribution < 1.29 is 9.53 Å². The molecule has 25 heavy (non-hydrogen) atoms. The summed E-state index contributed by atoms with van der Waals surface area (Å²) in [4.78, 5) is 25.6. The van der Waals surface area contributed by atoms with Crippen LogP contribution in [0.15, 0.2) is 53.5 Å². The Morgan fingerprint density at radius 2 is 1.76 bits per heavy atom. The number of hydrogen-bond donors (Lipinski definition) is 2. The van der Waals surface area contributed by atoms with Crippen molar-refractivity contribution in [2.45, 2.75) is 25.7 Å². The molecule has 2 aromatic rings. The summed E-state index contributed by atoms with van der Waals surface area (Å²) in [5.74, 6) is 1.90. The van der Waals surface area contributed by atoms with E-state index in [9.17, 15) is 9.59 Å². The number of hydrogen-bond acceptors (Lipinski definition) is 3. The first-order chi connectivity index (χ1) is 12.2. The Kier molecular flexibility index (Phi) is 5.88. The molecule has 1 aliphatic rings. The van der Waals surface area contributed by atoms with E-state index in [1.807, 2.05) is 30.3 Å². The largest absolute Gasteiger partial charge is 0.493 e. The monoisotopic (exact) mass is 340 g/mol. The summed E-state index contributed by atoms with van der Waals surface area (Å²) in [5.41, 5.74) is 0.289. The second-order valence-corrected chi connectivity index (χ2v) is 6.66. The Balaban J connectivity index is 1.37. The summed E-state index contributed by atoms with van der Waals surface area (Å²) in [6.45, 7) is 1.45. The quantitative estimate of drug-likeness (QED) is 0.849. The van der Waals surface area contributed by atoms with Crippen LogP contribution in [0.4, 0.5) is 0 Å². The van der Waals surface area contributed by atoms with Crippen LogP contribution in [-0.2, 0) is 0 Å². The van der Waals surface area contributed by atoms with Crippen molar-refractivity contribution in [2.24, 2.45) is 11.8 Å². The molecule has 5 heteroatoms. The normalized spacial score (nSPS) is 20.0. The van der Waals surface area contributed by atoms with Crippen molar-refractivity contribution in [1.82, 2.24) is 10.3 Å². The van der Waals surface area contributed by atoms with E-state index < -0.39 is 0 Å². The first kappa shape index (κ1) is 17.3. The lowest BCUT2D eigenvalue weighted by Crippen LogP contribution is -2.32. The highest BCUT2D eigenvalue weighted by Gasteiger charge is 2.22. The van der Waals surface area contributed by atoms with Gasteiger partial charge in [-0.2, -0.15) is 0 Å². The van der Waals surface area contributed by atoms with Gasteiger partial charge >= 0.3 is 0 Å². The van der Waals surface area contributed by atoms with Gasteiger partial charge in [-0.05, 0) is 55.7 Å². The molecule has 1 fully saturated rings. The van der Waals surface area contributed by atoms with Gasteiger partial charge in [-0.3, -0.25) is 9.59 Å². The van der Waals surface area contributed by atoms with Crippen molar-refractivity contribution in [3.63, 3.8) is 0 Å². The van der Waals surface area contributed by atoms with E-state index in [-0.39, 0.29) is 11.5 Å². The molecule has 0 atom stereocenters. The van der Waals surface area contributed by atoms with Gasteiger partial charge in [0.1, 0.15) is 5.75 Å². The van der Waals surface area contributed by atoms with Crippen LogP contribution >= 0.6 is 0 Å². The van der Waals surface area contributed by atoms with Gasteiger partial charge in [0, 0.05) is 18.8 Å². The van der Waals surface area contributed by atoms with Gasteiger partial charge in [0.05, 0.1) is 12.2 Å². The SMILES string of the molecule is O=C(NCC1CCC(COc2ccccc2)CC1)c1ccc(=O)[nH]c1. The second-order valence-electron chi connectivity index (χ2n) is 6.66. The standard InChI is InChI=1S/C20H24N2O3/c23-19-11-10-17(13-21-19)20(24)22-12-15-6-8-16(9-7-15)14-25-18-4-2-1-3-5-18/h1-5,10-11,13,15-16H,6-9,12,14H2,(H,21,23)(H,22,24). The van der Waals surface area contributed by atoms with Crippen LogP contribution in [0, 0.1) is 11.8 Å². The van der Waals surface area contributed by atoms with E-state index in [1.165, 1.54) is 12.3 Å².